The molecule has 0 fully saturated rings. The third-order valence-electron chi connectivity index (χ3n) is 3.03. The maximum atomic E-state index is 5.76. The fraction of sp³-hybridized carbons (Fsp3) is 0.333. The zero-order chi connectivity index (χ0) is 14.4. The van der Waals surface area contributed by atoms with Gasteiger partial charge in [0.1, 0.15) is 0 Å². The smallest absolute Gasteiger partial charge is 0.234 e. The average Bonchev–Trinajstić information content (AvgIpc) is 2.48. The maximum Gasteiger partial charge on any atom is 0.234 e. The lowest BCUT2D eigenvalue weighted by atomic mass is 10.1. The molecule has 0 aliphatic heterocycles. The van der Waals surface area contributed by atoms with Crippen LogP contribution in [0.5, 0.6) is 5.88 Å². The molecular weight excluding hydrogens is 252 g/mol. The summed E-state index contributed by atoms with van der Waals surface area (Å²) in [4.78, 5) is 10.6. The minimum absolute atomic E-state index is 0.536. The fourth-order valence-electron chi connectivity index (χ4n) is 1.99. The molecule has 0 radical (unpaired) electrons. The molecule has 0 amide bonds. The molecule has 0 atom stereocenters. The first-order valence-electron chi connectivity index (χ1n) is 6.67. The zero-order valence-corrected chi connectivity index (χ0v) is 11.9. The SMILES string of the molecule is CCOc1cncc(N(C)Cc2ccccc2CN)n1. The molecule has 0 unspecified atom stereocenters. The molecule has 20 heavy (non-hydrogen) atoms. The minimum Gasteiger partial charge on any atom is -0.477 e. The Bertz CT molecular complexity index is 559. The van der Waals surface area contributed by atoms with Crippen molar-refractivity contribution in [3.63, 3.8) is 0 Å². The Morgan fingerprint density at radius 1 is 1.20 bits per heavy atom. The zero-order valence-electron chi connectivity index (χ0n) is 11.9. The molecule has 1 aromatic heterocycles. The van der Waals surface area contributed by atoms with E-state index in [2.05, 4.69) is 16.0 Å². The third kappa shape index (κ3) is 3.45. The molecular formula is C15H20N4O. The predicted octanol–water partition coefficient (Wildman–Crippen LogP) is 1.97. The van der Waals surface area contributed by atoms with Gasteiger partial charge < -0.3 is 15.4 Å². The van der Waals surface area contributed by atoms with Gasteiger partial charge in [0.25, 0.3) is 0 Å². The van der Waals surface area contributed by atoms with E-state index in [1.807, 2.05) is 37.1 Å². The number of ether oxygens (including phenoxy) is 1. The van der Waals surface area contributed by atoms with Gasteiger partial charge in [0, 0.05) is 20.1 Å². The fourth-order valence-corrected chi connectivity index (χ4v) is 1.99. The second-order valence-corrected chi connectivity index (χ2v) is 4.48. The maximum absolute atomic E-state index is 5.76. The Hall–Kier alpha value is -2.14. The van der Waals surface area contributed by atoms with Crippen molar-refractivity contribution in [1.82, 2.24) is 9.97 Å². The van der Waals surface area contributed by atoms with Gasteiger partial charge in [-0.1, -0.05) is 24.3 Å². The lowest BCUT2D eigenvalue weighted by molar-refractivity contribution is 0.325. The highest BCUT2D eigenvalue weighted by molar-refractivity contribution is 5.39. The van der Waals surface area contributed by atoms with Gasteiger partial charge in [0.05, 0.1) is 19.0 Å². The molecule has 0 spiro atoms. The van der Waals surface area contributed by atoms with Crippen molar-refractivity contribution in [1.29, 1.82) is 0 Å². The van der Waals surface area contributed by atoms with E-state index in [0.717, 1.165) is 17.9 Å². The van der Waals surface area contributed by atoms with E-state index >= 15 is 0 Å². The molecule has 0 saturated carbocycles. The van der Waals surface area contributed by atoms with Gasteiger partial charge in [-0.15, -0.1) is 0 Å². The number of anilines is 1. The second kappa shape index (κ2) is 6.86. The lowest BCUT2D eigenvalue weighted by Crippen LogP contribution is -2.19. The number of aromatic nitrogens is 2. The van der Waals surface area contributed by atoms with Crippen molar-refractivity contribution in [3.8, 4) is 5.88 Å². The predicted molar refractivity (Wildman–Crippen MR) is 79.6 cm³/mol. The van der Waals surface area contributed by atoms with Crippen LogP contribution in [-0.2, 0) is 13.1 Å². The first-order chi connectivity index (χ1) is 9.74. The summed E-state index contributed by atoms with van der Waals surface area (Å²) in [6.07, 6.45) is 3.35. The Labute approximate surface area is 119 Å². The van der Waals surface area contributed by atoms with Crippen LogP contribution in [0, 0.1) is 0 Å². The summed E-state index contributed by atoms with van der Waals surface area (Å²) in [6, 6.07) is 8.15. The normalized spacial score (nSPS) is 10.3. The van der Waals surface area contributed by atoms with Crippen molar-refractivity contribution in [2.45, 2.75) is 20.0 Å². The van der Waals surface area contributed by atoms with Gasteiger partial charge in [-0.2, -0.15) is 4.98 Å². The van der Waals surface area contributed by atoms with E-state index in [1.54, 1.807) is 12.4 Å². The van der Waals surface area contributed by atoms with Crippen LogP contribution < -0.4 is 15.4 Å². The first kappa shape index (κ1) is 14.3. The molecule has 2 N–H and O–H groups in total. The van der Waals surface area contributed by atoms with Gasteiger partial charge >= 0.3 is 0 Å². The molecule has 5 nitrogen and oxygen atoms in total. The van der Waals surface area contributed by atoms with Gasteiger partial charge in [-0.05, 0) is 18.1 Å². The number of benzene rings is 1. The van der Waals surface area contributed by atoms with Crippen LogP contribution >= 0.6 is 0 Å². The quantitative estimate of drug-likeness (QED) is 0.871. The highest BCUT2D eigenvalue weighted by atomic mass is 16.5. The van der Waals surface area contributed by atoms with Crippen LogP contribution in [0.3, 0.4) is 0 Å². The highest BCUT2D eigenvalue weighted by Gasteiger charge is 2.08. The summed E-state index contributed by atoms with van der Waals surface area (Å²) < 4.78 is 5.37. The largest absolute Gasteiger partial charge is 0.477 e. The number of nitrogens with two attached hydrogens (primary N) is 1. The molecule has 0 aliphatic rings. The van der Waals surface area contributed by atoms with Gasteiger partial charge in [-0.3, -0.25) is 4.98 Å². The second-order valence-electron chi connectivity index (χ2n) is 4.48. The Morgan fingerprint density at radius 2 is 1.95 bits per heavy atom. The van der Waals surface area contributed by atoms with Gasteiger partial charge in [-0.25, -0.2) is 0 Å². The van der Waals surface area contributed by atoms with Crippen LogP contribution in [0.1, 0.15) is 18.1 Å². The first-order valence-corrected chi connectivity index (χ1v) is 6.67. The van der Waals surface area contributed by atoms with Crippen molar-refractivity contribution in [2.24, 2.45) is 5.73 Å². The van der Waals surface area contributed by atoms with Crippen LogP contribution in [0.4, 0.5) is 5.82 Å². The standard InChI is InChI=1S/C15H20N4O/c1-3-20-15-10-17-9-14(18-15)19(2)11-13-7-5-4-6-12(13)8-16/h4-7,9-10H,3,8,11,16H2,1-2H3. The van der Waals surface area contributed by atoms with Crippen molar-refractivity contribution in [3.05, 3.63) is 47.8 Å². The van der Waals surface area contributed by atoms with E-state index in [1.165, 1.54) is 5.56 Å². The Balaban J connectivity index is 2.15. The van der Waals surface area contributed by atoms with Crippen LogP contribution in [0.15, 0.2) is 36.7 Å². The van der Waals surface area contributed by atoms with Crippen LogP contribution in [-0.4, -0.2) is 23.6 Å². The molecule has 1 heterocycles. The summed E-state index contributed by atoms with van der Waals surface area (Å²) in [6.45, 7) is 3.78. The number of hydrogen-bond donors (Lipinski definition) is 1. The number of hydrogen-bond acceptors (Lipinski definition) is 5. The van der Waals surface area contributed by atoms with Gasteiger partial charge in [0.2, 0.25) is 5.88 Å². The van der Waals surface area contributed by atoms with Gasteiger partial charge in [0.15, 0.2) is 5.82 Å². The molecule has 1 aromatic carbocycles. The summed E-state index contributed by atoms with van der Waals surface area (Å²) >= 11 is 0. The Kier molecular flexibility index (Phi) is 4.90. The summed E-state index contributed by atoms with van der Waals surface area (Å²) in [5.41, 5.74) is 8.10. The monoisotopic (exact) mass is 272 g/mol. The van der Waals surface area contributed by atoms with Crippen molar-refractivity contribution >= 4 is 5.82 Å². The van der Waals surface area contributed by atoms with Crippen molar-refractivity contribution < 1.29 is 4.74 Å². The van der Waals surface area contributed by atoms with E-state index in [-0.39, 0.29) is 0 Å². The average molecular weight is 272 g/mol. The van der Waals surface area contributed by atoms with E-state index in [9.17, 15) is 0 Å². The van der Waals surface area contributed by atoms with E-state index in [0.29, 0.717) is 19.0 Å². The molecule has 0 aliphatic carbocycles. The topological polar surface area (TPSA) is 64.3 Å². The number of rotatable bonds is 6. The Morgan fingerprint density at radius 3 is 2.65 bits per heavy atom. The summed E-state index contributed by atoms with van der Waals surface area (Å²) in [5, 5.41) is 0. The molecule has 2 rings (SSSR count). The molecule has 0 saturated heterocycles. The molecule has 2 aromatic rings. The van der Waals surface area contributed by atoms with Crippen LogP contribution in [0.25, 0.3) is 0 Å². The number of nitrogens with zero attached hydrogens (tertiary/aromatic N) is 3. The van der Waals surface area contributed by atoms with Crippen LogP contribution in [0.2, 0.25) is 0 Å². The summed E-state index contributed by atoms with van der Waals surface area (Å²) in [7, 11) is 1.98. The lowest BCUT2D eigenvalue weighted by Gasteiger charge is -2.20. The van der Waals surface area contributed by atoms with Crippen molar-refractivity contribution in [2.75, 3.05) is 18.6 Å². The molecule has 106 valence electrons. The highest BCUT2D eigenvalue weighted by Crippen LogP contribution is 2.17. The van der Waals surface area contributed by atoms with E-state index < -0.39 is 0 Å². The minimum atomic E-state index is 0.536. The summed E-state index contributed by atoms with van der Waals surface area (Å²) in [5.74, 6) is 1.33. The van der Waals surface area contributed by atoms with E-state index in [4.69, 9.17) is 10.5 Å². The molecule has 5 heteroatoms. The molecule has 0 bridgehead atoms. The third-order valence-corrected chi connectivity index (χ3v) is 3.03.